The van der Waals surface area contributed by atoms with Crippen LogP contribution < -0.4 is 20.3 Å². The third-order valence-corrected chi connectivity index (χ3v) is 4.20. The van der Waals surface area contributed by atoms with Crippen molar-refractivity contribution < 1.29 is 19.1 Å². The number of carbonyl (C=O) groups is 2. The number of benzene rings is 1. The number of rotatable bonds is 6. The lowest BCUT2D eigenvalue weighted by Crippen LogP contribution is -2.41. The topological polar surface area (TPSA) is 76.7 Å². The minimum Gasteiger partial charge on any atom is -0.493 e. The second kappa shape index (κ2) is 8.56. The molecule has 128 valence electrons. The van der Waals surface area contributed by atoms with Crippen LogP contribution in [0.5, 0.6) is 11.5 Å². The zero-order chi connectivity index (χ0) is 17.5. The number of carbonyl (C=O) groups excluding carboxylic acids is 2. The van der Waals surface area contributed by atoms with Crippen LogP contribution in [0.25, 0.3) is 0 Å². The average Bonchev–Trinajstić information content (AvgIpc) is 3.03. The first-order valence-corrected chi connectivity index (χ1v) is 8.41. The largest absolute Gasteiger partial charge is 0.493 e. The fraction of sp³-hybridized carbons (Fsp3) is 0.250. The van der Waals surface area contributed by atoms with Crippen LogP contribution in [0.15, 0.2) is 30.3 Å². The van der Waals surface area contributed by atoms with Gasteiger partial charge in [-0.2, -0.15) is 0 Å². The number of methoxy groups -OCH3 is 1. The van der Waals surface area contributed by atoms with Crippen molar-refractivity contribution in [2.24, 2.45) is 0 Å². The van der Waals surface area contributed by atoms with E-state index in [9.17, 15) is 9.59 Å². The first-order valence-electron chi connectivity index (χ1n) is 7.22. The Morgan fingerprint density at radius 3 is 2.50 bits per heavy atom. The molecule has 2 rings (SSSR count). The minimum absolute atomic E-state index is 0.334. The molecule has 0 spiro atoms. The summed E-state index contributed by atoms with van der Waals surface area (Å²) in [4.78, 5) is 24.4. The van der Waals surface area contributed by atoms with Crippen molar-refractivity contribution in [1.82, 2.24) is 10.9 Å². The van der Waals surface area contributed by atoms with Crippen LogP contribution in [-0.2, 0) is 0 Å². The molecular formula is C16H17ClN2O4S. The van der Waals surface area contributed by atoms with E-state index in [1.54, 1.807) is 30.3 Å². The molecule has 0 saturated carbocycles. The summed E-state index contributed by atoms with van der Waals surface area (Å²) in [5.74, 6) is 0.113. The third-order valence-electron chi connectivity index (χ3n) is 2.97. The van der Waals surface area contributed by atoms with E-state index < -0.39 is 11.8 Å². The molecule has 0 atom stereocenters. The Kier molecular flexibility index (Phi) is 6.45. The van der Waals surface area contributed by atoms with Crippen molar-refractivity contribution in [3.05, 3.63) is 45.1 Å². The molecule has 1 aromatic heterocycles. The van der Waals surface area contributed by atoms with Crippen LogP contribution in [0.2, 0.25) is 4.34 Å². The molecule has 8 heteroatoms. The van der Waals surface area contributed by atoms with Crippen LogP contribution in [0.3, 0.4) is 0 Å². The van der Waals surface area contributed by atoms with Crippen molar-refractivity contribution in [3.8, 4) is 11.5 Å². The molecule has 2 N–H and O–H groups in total. The number of hydrogen-bond acceptors (Lipinski definition) is 5. The van der Waals surface area contributed by atoms with E-state index in [1.165, 1.54) is 7.11 Å². The van der Waals surface area contributed by atoms with E-state index in [0.29, 0.717) is 32.9 Å². The van der Waals surface area contributed by atoms with Crippen molar-refractivity contribution in [3.63, 3.8) is 0 Å². The van der Waals surface area contributed by atoms with Gasteiger partial charge in [0.25, 0.3) is 11.8 Å². The number of thiophene rings is 1. The second-order valence-electron chi connectivity index (χ2n) is 4.73. The smallest absolute Gasteiger partial charge is 0.279 e. The Morgan fingerprint density at radius 1 is 1.12 bits per heavy atom. The highest BCUT2D eigenvalue weighted by molar-refractivity contribution is 7.17. The minimum atomic E-state index is -0.466. The SMILES string of the molecule is CCCOc1ccc(C(=O)NNC(=O)c2ccc(Cl)s2)cc1OC. The van der Waals surface area contributed by atoms with Gasteiger partial charge in [-0.05, 0) is 36.8 Å². The standard InChI is InChI=1S/C16H17ClN2O4S/c1-3-8-23-11-5-4-10(9-12(11)22-2)15(20)18-19-16(21)13-6-7-14(17)24-13/h4-7,9H,3,8H2,1-2H3,(H,18,20)(H,19,21). The zero-order valence-corrected chi connectivity index (χ0v) is 14.8. The van der Waals surface area contributed by atoms with Gasteiger partial charge in [-0.1, -0.05) is 18.5 Å². The Balaban J connectivity index is 2.00. The highest BCUT2D eigenvalue weighted by atomic mass is 35.5. The number of nitrogens with one attached hydrogen (secondary N) is 2. The van der Waals surface area contributed by atoms with Gasteiger partial charge in [0.1, 0.15) is 0 Å². The fourth-order valence-corrected chi connectivity index (χ4v) is 2.76. The van der Waals surface area contributed by atoms with Gasteiger partial charge in [-0.25, -0.2) is 0 Å². The number of halogens is 1. The first kappa shape index (κ1) is 18.1. The second-order valence-corrected chi connectivity index (χ2v) is 6.44. The average molecular weight is 369 g/mol. The lowest BCUT2D eigenvalue weighted by atomic mass is 10.2. The van der Waals surface area contributed by atoms with Gasteiger partial charge in [0.2, 0.25) is 0 Å². The van der Waals surface area contributed by atoms with Gasteiger partial charge in [-0.15, -0.1) is 11.3 Å². The zero-order valence-electron chi connectivity index (χ0n) is 13.2. The summed E-state index contributed by atoms with van der Waals surface area (Å²) in [5, 5.41) is 0. The van der Waals surface area contributed by atoms with Gasteiger partial charge in [-0.3, -0.25) is 20.4 Å². The summed E-state index contributed by atoms with van der Waals surface area (Å²) in [6.07, 6.45) is 0.865. The molecular weight excluding hydrogens is 352 g/mol. The van der Waals surface area contributed by atoms with Crippen LogP contribution >= 0.6 is 22.9 Å². The van der Waals surface area contributed by atoms with E-state index in [4.69, 9.17) is 21.1 Å². The fourth-order valence-electron chi connectivity index (χ4n) is 1.82. The third kappa shape index (κ3) is 4.62. The maximum atomic E-state index is 12.1. The Bertz CT molecular complexity index is 733. The summed E-state index contributed by atoms with van der Waals surface area (Å²) in [7, 11) is 1.50. The van der Waals surface area contributed by atoms with Crippen molar-refractivity contribution in [1.29, 1.82) is 0 Å². The van der Waals surface area contributed by atoms with Crippen LogP contribution in [0, 0.1) is 0 Å². The van der Waals surface area contributed by atoms with Crippen LogP contribution in [-0.4, -0.2) is 25.5 Å². The summed E-state index contributed by atoms with van der Waals surface area (Å²) < 4.78 is 11.3. The normalized spacial score (nSPS) is 10.1. The summed E-state index contributed by atoms with van der Waals surface area (Å²) in [6, 6.07) is 8.00. The monoisotopic (exact) mass is 368 g/mol. The molecule has 0 aliphatic carbocycles. The molecule has 1 heterocycles. The number of ether oxygens (including phenoxy) is 2. The van der Waals surface area contributed by atoms with Gasteiger partial charge >= 0.3 is 0 Å². The molecule has 2 amide bonds. The first-order chi connectivity index (χ1) is 11.5. The maximum Gasteiger partial charge on any atom is 0.279 e. The molecule has 24 heavy (non-hydrogen) atoms. The summed E-state index contributed by atoms with van der Waals surface area (Å²) in [5.41, 5.74) is 5.02. The maximum absolute atomic E-state index is 12.1. The molecule has 0 saturated heterocycles. The number of hydrogen-bond donors (Lipinski definition) is 2. The van der Waals surface area contributed by atoms with Crippen molar-refractivity contribution in [2.75, 3.05) is 13.7 Å². The Labute approximate surface area is 148 Å². The van der Waals surface area contributed by atoms with Crippen molar-refractivity contribution in [2.45, 2.75) is 13.3 Å². The van der Waals surface area contributed by atoms with E-state index in [0.717, 1.165) is 17.8 Å². The Hall–Kier alpha value is -2.25. The molecule has 0 fully saturated rings. The summed E-state index contributed by atoms with van der Waals surface area (Å²) in [6.45, 7) is 2.55. The van der Waals surface area contributed by atoms with E-state index >= 15 is 0 Å². The molecule has 0 aliphatic heterocycles. The number of amides is 2. The highest BCUT2D eigenvalue weighted by Crippen LogP contribution is 2.28. The predicted octanol–water partition coefficient (Wildman–Crippen LogP) is 3.27. The van der Waals surface area contributed by atoms with Crippen LogP contribution in [0.1, 0.15) is 33.4 Å². The molecule has 0 aliphatic rings. The Morgan fingerprint density at radius 2 is 1.88 bits per heavy atom. The van der Waals surface area contributed by atoms with Gasteiger partial charge in [0.15, 0.2) is 11.5 Å². The molecule has 0 unspecified atom stereocenters. The molecule has 0 bridgehead atoms. The van der Waals surface area contributed by atoms with E-state index in [1.807, 2.05) is 6.92 Å². The lowest BCUT2D eigenvalue weighted by molar-refractivity contribution is 0.0848. The number of hydrazine groups is 1. The van der Waals surface area contributed by atoms with Gasteiger partial charge in [0, 0.05) is 5.56 Å². The summed E-state index contributed by atoms with van der Waals surface area (Å²) >= 11 is 6.90. The van der Waals surface area contributed by atoms with E-state index in [2.05, 4.69) is 10.9 Å². The van der Waals surface area contributed by atoms with Gasteiger partial charge < -0.3 is 9.47 Å². The van der Waals surface area contributed by atoms with Crippen molar-refractivity contribution >= 4 is 34.8 Å². The van der Waals surface area contributed by atoms with E-state index in [-0.39, 0.29) is 0 Å². The molecule has 6 nitrogen and oxygen atoms in total. The van der Waals surface area contributed by atoms with Crippen LogP contribution in [0.4, 0.5) is 0 Å². The molecule has 2 aromatic rings. The molecule has 0 radical (unpaired) electrons. The molecule has 1 aromatic carbocycles. The predicted molar refractivity (Wildman–Crippen MR) is 93.0 cm³/mol. The van der Waals surface area contributed by atoms with Gasteiger partial charge in [0.05, 0.1) is 22.9 Å². The highest BCUT2D eigenvalue weighted by Gasteiger charge is 2.13. The quantitative estimate of drug-likeness (QED) is 0.767. The lowest BCUT2D eigenvalue weighted by Gasteiger charge is -2.12.